The van der Waals surface area contributed by atoms with Crippen LogP contribution in [0.25, 0.3) is 5.69 Å². The largest absolute Gasteiger partial charge is 0.494 e. The Bertz CT molecular complexity index is 1060. The predicted octanol–water partition coefficient (Wildman–Crippen LogP) is 6.50. The van der Waals surface area contributed by atoms with Gasteiger partial charge in [-0.05, 0) is 54.9 Å². The highest BCUT2D eigenvalue weighted by Gasteiger charge is 2.37. The second-order valence-corrected chi connectivity index (χ2v) is 14.4. The molecular formula is C23H31ClN4O2Si. The number of anilines is 2. The molecule has 0 aliphatic heterocycles. The fourth-order valence-electron chi connectivity index (χ4n) is 2.85. The molecule has 6 nitrogen and oxygen atoms in total. The molecule has 31 heavy (non-hydrogen) atoms. The number of halogens is 1. The van der Waals surface area contributed by atoms with Crippen molar-refractivity contribution in [3.05, 3.63) is 59.3 Å². The van der Waals surface area contributed by atoms with Gasteiger partial charge in [-0.3, -0.25) is 0 Å². The summed E-state index contributed by atoms with van der Waals surface area (Å²) >= 11 is 6.29. The van der Waals surface area contributed by atoms with Crippen molar-refractivity contribution in [1.29, 1.82) is 0 Å². The van der Waals surface area contributed by atoms with Crippen LogP contribution in [-0.4, -0.2) is 30.0 Å². The van der Waals surface area contributed by atoms with Crippen LogP contribution in [0.1, 0.15) is 32.0 Å². The SMILES string of the molecule is COc1cc(Nc2cc(CO[Si](C)(C)C(C)(C)C)cc(Cl)n2)ccc1-n1cnc(C)c1. The van der Waals surface area contributed by atoms with E-state index in [1.807, 2.05) is 48.0 Å². The fourth-order valence-corrected chi connectivity index (χ4v) is 4.04. The molecule has 0 unspecified atom stereocenters. The van der Waals surface area contributed by atoms with Crippen LogP contribution in [-0.2, 0) is 11.0 Å². The molecule has 166 valence electrons. The summed E-state index contributed by atoms with van der Waals surface area (Å²) in [6.45, 7) is 13.6. The Balaban J connectivity index is 1.80. The number of ether oxygens (including phenoxy) is 1. The van der Waals surface area contributed by atoms with Crippen molar-refractivity contribution in [2.24, 2.45) is 0 Å². The third kappa shape index (κ3) is 5.67. The molecule has 0 aliphatic carbocycles. The third-order valence-corrected chi connectivity index (χ3v) is 10.4. The maximum absolute atomic E-state index is 6.34. The molecule has 0 fully saturated rings. The number of hydrogen-bond acceptors (Lipinski definition) is 5. The molecule has 0 aliphatic rings. The minimum Gasteiger partial charge on any atom is -0.494 e. The van der Waals surface area contributed by atoms with Gasteiger partial charge in [0.2, 0.25) is 0 Å². The predicted molar refractivity (Wildman–Crippen MR) is 129 cm³/mol. The molecule has 3 rings (SSSR count). The van der Waals surface area contributed by atoms with Gasteiger partial charge < -0.3 is 19.0 Å². The van der Waals surface area contributed by atoms with Crippen LogP contribution in [0, 0.1) is 6.92 Å². The first-order chi connectivity index (χ1) is 14.5. The lowest BCUT2D eigenvalue weighted by atomic mass is 10.2. The van der Waals surface area contributed by atoms with Crippen LogP contribution in [0.5, 0.6) is 5.75 Å². The van der Waals surface area contributed by atoms with E-state index in [1.165, 1.54) is 0 Å². The van der Waals surface area contributed by atoms with Gasteiger partial charge in [0, 0.05) is 18.0 Å². The minimum absolute atomic E-state index is 0.150. The summed E-state index contributed by atoms with van der Waals surface area (Å²) in [5.41, 5.74) is 3.70. The number of rotatable bonds is 7. The molecule has 0 atom stereocenters. The Morgan fingerprint density at radius 2 is 1.90 bits per heavy atom. The highest BCUT2D eigenvalue weighted by Crippen LogP contribution is 2.37. The zero-order valence-corrected chi connectivity index (χ0v) is 21.0. The number of pyridine rings is 1. The van der Waals surface area contributed by atoms with Gasteiger partial charge >= 0.3 is 0 Å². The number of nitrogens with one attached hydrogen (secondary N) is 1. The monoisotopic (exact) mass is 458 g/mol. The van der Waals surface area contributed by atoms with E-state index in [1.54, 1.807) is 13.4 Å². The molecule has 0 saturated heterocycles. The van der Waals surface area contributed by atoms with Crippen molar-refractivity contribution < 1.29 is 9.16 Å². The van der Waals surface area contributed by atoms with Crippen molar-refractivity contribution in [3.63, 3.8) is 0 Å². The normalized spacial score (nSPS) is 12.1. The number of imidazole rings is 1. The zero-order chi connectivity index (χ0) is 22.8. The summed E-state index contributed by atoms with van der Waals surface area (Å²) in [5, 5.41) is 3.90. The van der Waals surface area contributed by atoms with Gasteiger partial charge in [-0.1, -0.05) is 32.4 Å². The number of methoxy groups -OCH3 is 1. The van der Waals surface area contributed by atoms with E-state index >= 15 is 0 Å². The molecule has 1 aromatic carbocycles. The van der Waals surface area contributed by atoms with E-state index in [0.29, 0.717) is 17.6 Å². The third-order valence-electron chi connectivity index (χ3n) is 5.70. The van der Waals surface area contributed by atoms with Gasteiger partial charge in [0.15, 0.2) is 8.32 Å². The maximum atomic E-state index is 6.34. The van der Waals surface area contributed by atoms with Crippen molar-refractivity contribution >= 4 is 31.4 Å². The Morgan fingerprint density at radius 3 is 2.52 bits per heavy atom. The highest BCUT2D eigenvalue weighted by atomic mass is 35.5. The molecule has 8 heteroatoms. The Labute approximate surface area is 190 Å². The fraction of sp³-hybridized carbons (Fsp3) is 0.391. The van der Waals surface area contributed by atoms with Crippen molar-refractivity contribution in [1.82, 2.24) is 14.5 Å². The summed E-state index contributed by atoms with van der Waals surface area (Å²) in [7, 11) is -0.201. The van der Waals surface area contributed by atoms with Gasteiger partial charge in [-0.2, -0.15) is 0 Å². The van der Waals surface area contributed by atoms with Crippen LogP contribution in [0.15, 0.2) is 42.9 Å². The van der Waals surface area contributed by atoms with Crippen LogP contribution >= 0.6 is 11.6 Å². The van der Waals surface area contributed by atoms with Gasteiger partial charge in [0.05, 0.1) is 31.4 Å². The van der Waals surface area contributed by atoms with Crippen molar-refractivity contribution in [2.75, 3.05) is 12.4 Å². The summed E-state index contributed by atoms with van der Waals surface area (Å²) in [6, 6.07) is 9.71. The van der Waals surface area contributed by atoms with Gasteiger partial charge in [0.25, 0.3) is 0 Å². The first-order valence-electron chi connectivity index (χ1n) is 10.2. The van der Waals surface area contributed by atoms with Crippen LogP contribution in [0.4, 0.5) is 11.5 Å². The lowest BCUT2D eigenvalue weighted by molar-refractivity contribution is 0.276. The first kappa shape index (κ1) is 23.3. The van der Waals surface area contributed by atoms with Crippen molar-refractivity contribution in [2.45, 2.75) is 52.4 Å². The Kier molecular flexibility index (Phi) is 6.78. The molecule has 0 bridgehead atoms. The van der Waals surface area contributed by atoms with E-state index in [-0.39, 0.29) is 5.04 Å². The average Bonchev–Trinajstić information content (AvgIpc) is 3.11. The molecule has 1 N–H and O–H groups in total. The molecule has 0 saturated carbocycles. The number of benzene rings is 1. The minimum atomic E-state index is -1.85. The lowest BCUT2D eigenvalue weighted by Crippen LogP contribution is -2.40. The summed E-state index contributed by atoms with van der Waals surface area (Å²) in [4.78, 5) is 8.70. The summed E-state index contributed by atoms with van der Waals surface area (Å²) in [6.07, 6.45) is 3.73. The first-order valence-corrected chi connectivity index (χ1v) is 13.5. The van der Waals surface area contributed by atoms with Crippen LogP contribution < -0.4 is 10.1 Å². The molecule has 3 aromatic rings. The number of nitrogens with zero attached hydrogens (tertiary/aromatic N) is 3. The second-order valence-electron chi connectivity index (χ2n) is 9.17. The Hall–Kier alpha value is -2.35. The van der Waals surface area contributed by atoms with Crippen molar-refractivity contribution in [3.8, 4) is 11.4 Å². The van der Waals surface area contributed by atoms with E-state index in [0.717, 1.165) is 28.4 Å². The number of aryl methyl sites for hydroxylation is 1. The van der Waals surface area contributed by atoms with E-state index in [4.69, 9.17) is 20.8 Å². The summed E-state index contributed by atoms with van der Waals surface area (Å²) in [5.74, 6) is 1.39. The van der Waals surface area contributed by atoms with Gasteiger partial charge in [-0.25, -0.2) is 9.97 Å². The number of hydrogen-bond donors (Lipinski definition) is 1. The molecule has 2 aromatic heterocycles. The highest BCUT2D eigenvalue weighted by molar-refractivity contribution is 6.74. The maximum Gasteiger partial charge on any atom is 0.192 e. The standard InChI is InChI=1S/C23H31ClN4O2Si/c1-16-13-28(15-25-16)19-9-8-18(12-20(19)29-5)26-22-11-17(10-21(24)27-22)14-30-31(6,7)23(2,3)4/h8-13,15H,14H2,1-7H3,(H,26,27). The zero-order valence-electron chi connectivity index (χ0n) is 19.3. The molecule has 0 amide bonds. The smallest absolute Gasteiger partial charge is 0.192 e. The second kappa shape index (κ2) is 9.02. The molecule has 0 radical (unpaired) electrons. The quantitative estimate of drug-likeness (QED) is 0.323. The summed E-state index contributed by atoms with van der Waals surface area (Å²) < 4.78 is 13.9. The topological polar surface area (TPSA) is 61.2 Å². The van der Waals surface area contributed by atoms with E-state index < -0.39 is 8.32 Å². The molecular weight excluding hydrogens is 428 g/mol. The van der Waals surface area contributed by atoms with Crippen LogP contribution in [0.3, 0.4) is 0 Å². The van der Waals surface area contributed by atoms with E-state index in [2.05, 4.69) is 49.1 Å². The van der Waals surface area contributed by atoms with Gasteiger partial charge in [-0.15, -0.1) is 0 Å². The Morgan fingerprint density at radius 1 is 1.16 bits per heavy atom. The van der Waals surface area contributed by atoms with Gasteiger partial charge in [0.1, 0.15) is 16.7 Å². The number of aromatic nitrogens is 3. The lowest BCUT2D eigenvalue weighted by Gasteiger charge is -2.36. The average molecular weight is 459 g/mol. The van der Waals surface area contributed by atoms with E-state index in [9.17, 15) is 0 Å². The molecule has 2 heterocycles. The van der Waals surface area contributed by atoms with Crippen LogP contribution in [0.2, 0.25) is 23.3 Å². The molecule has 0 spiro atoms.